The van der Waals surface area contributed by atoms with Crippen LogP contribution in [0.4, 0.5) is 34.1 Å². The summed E-state index contributed by atoms with van der Waals surface area (Å²) >= 11 is 0. The van der Waals surface area contributed by atoms with Gasteiger partial charge in [-0.1, -0.05) is 253 Å². The molecule has 0 radical (unpaired) electrons. The fraction of sp³-hybridized carbons (Fsp3) is 0.178. The van der Waals surface area contributed by atoms with Gasteiger partial charge in [-0.25, -0.2) is 0 Å². The first-order valence-corrected chi connectivity index (χ1v) is 33.6. The van der Waals surface area contributed by atoms with Gasteiger partial charge >= 0.3 is 0 Å². The van der Waals surface area contributed by atoms with E-state index in [0.29, 0.717) is 0 Å². The van der Waals surface area contributed by atoms with Gasteiger partial charge in [-0.05, 0) is 162 Å². The molecule has 0 saturated carbocycles. The van der Waals surface area contributed by atoms with E-state index in [-0.39, 0.29) is 21.7 Å². The Balaban J connectivity index is 0.975. The normalized spacial score (nSPS) is 12.9. The van der Waals surface area contributed by atoms with Crippen LogP contribution in [0.3, 0.4) is 0 Å². The summed E-state index contributed by atoms with van der Waals surface area (Å²) in [5.74, 6) is 0. The lowest BCUT2D eigenvalue weighted by Gasteiger charge is -2.31. The molecule has 0 fully saturated rings. The first-order valence-electron chi connectivity index (χ1n) is 33.6. The van der Waals surface area contributed by atoms with Crippen LogP contribution in [0.2, 0.25) is 0 Å². The van der Waals surface area contributed by atoms with Crippen LogP contribution in [-0.2, 0) is 21.7 Å². The molecule has 0 amide bonds. The van der Waals surface area contributed by atoms with Crippen molar-refractivity contribution in [2.45, 2.75) is 105 Å². The minimum absolute atomic E-state index is 0.0880. The quantitative estimate of drug-likeness (QED) is 0.151. The van der Waals surface area contributed by atoms with Crippen molar-refractivity contribution in [2.75, 3.05) is 9.80 Å². The van der Waals surface area contributed by atoms with E-state index >= 15 is 0 Å². The first kappa shape index (κ1) is 57.5. The molecule has 17 aromatic rings. The first-order chi connectivity index (χ1) is 45.2. The number of nitrogens with zero attached hydrogens (tertiary/aromatic N) is 4. The number of para-hydroxylation sites is 2. The van der Waals surface area contributed by atoms with E-state index in [1.165, 1.54) is 142 Å². The third-order valence-corrected chi connectivity index (χ3v) is 20.6. The summed E-state index contributed by atoms with van der Waals surface area (Å²) in [6, 6.07) is 97.3. The molecule has 17 rings (SSSR count). The van der Waals surface area contributed by atoms with Gasteiger partial charge in [0.25, 0.3) is 0 Å². The molecule has 4 heteroatoms. The van der Waals surface area contributed by atoms with Gasteiger partial charge in [0.2, 0.25) is 0 Å². The fourth-order valence-electron chi connectivity index (χ4n) is 15.6. The van der Waals surface area contributed by atoms with Crippen molar-refractivity contribution in [3.05, 3.63) is 277 Å². The average molecular weight is 1220 g/mol. The number of fused-ring (bicyclic) bond motifs is 14. The van der Waals surface area contributed by atoms with E-state index in [1.807, 2.05) is 0 Å². The molecule has 0 unspecified atom stereocenters. The van der Waals surface area contributed by atoms with Crippen molar-refractivity contribution in [1.29, 1.82) is 0 Å². The maximum atomic E-state index is 2.62. The van der Waals surface area contributed by atoms with Crippen LogP contribution >= 0.6 is 0 Å². The molecule has 4 aromatic heterocycles. The molecule has 458 valence electrons. The molecule has 13 aromatic carbocycles. The SMILES string of the molecule is CC(C)(C)c1ccc(-c2cccc3ccccc23)c(N(c2ccccc2)c2ccc3c4cc5c(cc4n4c6ccc(C(C)(C)C)cc6c2c34)c2ccc(N(c3ccccc3)c3cc(C(C)(C)C)ccc3-c3cccc4ccccc34)c3c4cc(C(C)(C)C)ccc4n5c23)c1. The van der Waals surface area contributed by atoms with Gasteiger partial charge in [-0.15, -0.1) is 0 Å². The molecule has 0 saturated heterocycles. The Hall–Kier alpha value is -10.4. The average Bonchev–Trinajstić information content (AvgIpc) is 1.51. The number of aromatic nitrogens is 2. The lowest BCUT2D eigenvalue weighted by molar-refractivity contribution is 0.590. The second kappa shape index (κ2) is 20.5. The highest BCUT2D eigenvalue weighted by molar-refractivity contribution is 6.32. The monoisotopic (exact) mass is 1210 g/mol. The van der Waals surface area contributed by atoms with Crippen molar-refractivity contribution >= 4 is 132 Å². The minimum Gasteiger partial charge on any atom is -0.309 e. The maximum absolute atomic E-state index is 2.62. The van der Waals surface area contributed by atoms with E-state index in [1.54, 1.807) is 0 Å². The van der Waals surface area contributed by atoms with Crippen molar-refractivity contribution in [1.82, 2.24) is 8.80 Å². The zero-order valence-electron chi connectivity index (χ0n) is 56.0. The third kappa shape index (κ3) is 8.78. The Morgan fingerprint density at radius 3 is 0.979 bits per heavy atom. The summed E-state index contributed by atoms with van der Waals surface area (Å²) in [5, 5.41) is 14.9. The van der Waals surface area contributed by atoms with Crippen LogP contribution in [-0.4, -0.2) is 8.80 Å². The summed E-state index contributed by atoms with van der Waals surface area (Å²) in [7, 11) is 0. The minimum atomic E-state index is -0.108. The third-order valence-electron chi connectivity index (χ3n) is 20.6. The molecule has 0 bridgehead atoms. The van der Waals surface area contributed by atoms with Crippen LogP contribution in [0.1, 0.15) is 105 Å². The highest BCUT2D eigenvalue weighted by Gasteiger charge is 2.32. The zero-order chi connectivity index (χ0) is 64.5. The second-order valence-electron chi connectivity index (χ2n) is 30.6. The molecular weight excluding hydrogens is 1140 g/mol. The second-order valence-corrected chi connectivity index (χ2v) is 30.6. The number of hydrogen-bond acceptors (Lipinski definition) is 2. The maximum Gasteiger partial charge on any atom is 0.0641 e. The number of hydrogen-bond donors (Lipinski definition) is 0. The van der Waals surface area contributed by atoms with Crippen molar-refractivity contribution in [3.63, 3.8) is 0 Å². The molecule has 0 aliphatic rings. The van der Waals surface area contributed by atoms with Gasteiger partial charge in [-0.2, -0.15) is 0 Å². The molecule has 4 heterocycles. The summed E-state index contributed by atoms with van der Waals surface area (Å²) in [6.07, 6.45) is 0. The van der Waals surface area contributed by atoms with Crippen molar-refractivity contribution < 1.29 is 0 Å². The Bertz CT molecular complexity index is 5520. The molecular formula is C90H78N4. The van der Waals surface area contributed by atoms with Gasteiger partial charge in [-0.3, -0.25) is 0 Å². The molecule has 94 heavy (non-hydrogen) atoms. The Morgan fingerprint density at radius 2 is 0.585 bits per heavy atom. The smallest absolute Gasteiger partial charge is 0.0641 e. The van der Waals surface area contributed by atoms with E-state index < -0.39 is 0 Å². The van der Waals surface area contributed by atoms with Gasteiger partial charge < -0.3 is 18.6 Å². The highest BCUT2D eigenvalue weighted by atomic mass is 15.2. The molecule has 0 aliphatic heterocycles. The fourth-order valence-corrected chi connectivity index (χ4v) is 15.6. The lowest BCUT2D eigenvalue weighted by Crippen LogP contribution is -2.16. The van der Waals surface area contributed by atoms with Crippen molar-refractivity contribution in [2.24, 2.45) is 0 Å². The van der Waals surface area contributed by atoms with Gasteiger partial charge in [0, 0.05) is 65.6 Å². The van der Waals surface area contributed by atoms with Crippen LogP contribution in [0.5, 0.6) is 0 Å². The topological polar surface area (TPSA) is 15.3 Å². The predicted molar refractivity (Wildman–Crippen MR) is 406 cm³/mol. The summed E-state index contributed by atoms with van der Waals surface area (Å²) in [6.45, 7) is 28.1. The van der Waals surface area contributed by atoms with Crippen molar-refractivity contribution in [3.8, 4) is 22.3 Å². The number of rotatable bonds is 8. The largest absolute Gasteiger partial charge is 0.309 e. The van der Waals surface area contributed by atoms with Crippen LogP contribution in [0, 0.1) is 0 Å². The van der Waals surface area contributed by atoms with Gasteiger partial charge in [0.1, 0.15) is 0 Å². The molecule has 0 atom stereocenters. The number of benzene rings is 13. The van der Waals surface area contributed by atoms with E-state index in [2.05, 4.69) is 356 Å². The molecule has 0 aliphatic carbocycles. The molecule has 4 nitrogen and oxygen atoms in total. The summed E-state index contributed by atoms with van der Waals surface area (Å²) in [4.78, 5) is 5.15. The summed E-state index contributed by atoms with van der Waals surface area (Å²) in [5.41, 5.74) is 23.7. The Morgan fingerprint density at radius 1 is 0.234 bits per heavy atom. The number of anilines is 6. The zero-order valence-corrected chi connectivity index (χ0v) is 56.0. The molecule has 0 N–H and O–H groups in total. The molecule has 0 spiro atoms. The van der Waals surface area contributed by atoms with Gasteiger partial charge in [0.15, 0.2) is 0 Å². The van der Waals surface area contributed by atoms with Crippen LogP contribution in [0.25, 0.3) is 120 Å². The van der Waals surface area contributed by atoms with Gasteiger partial charge in [0.05, 0.1) is 55.8 Å². The highest BCUT2D eigenvalue weighted by Crippen LogP contribution is 2.55. The summed E-state index contributed by atoms with van der Waals surface area (Å²) < 4.78 is 5.24. The van der Waals surface area contributed by atoms with E-state index in [9.17, 15) is 0 Å². The Kier molecular flexibility index (Phi) is 12.6. The van der Waals surface area contributed by atoms with Crippen LogP contribution < -0.4 is 9.80 Å². The predicted octanol–water partition coefficient (Wildman–Crippen LogP) is 25.8. The van der Waals surface area contributed by atoms with E-state index in [0.717, 1.165) is 34.1 Å². The van der Waals surface area contributed by atoms with Crippen LogP contribution in [0.15, 0.2) is 255 Å². The standard InChI is InChI=1S/C90H78N4/c1-87(2,3)57-39-45-75-73(49-57)83-77(91(61-29-15-13-16-30-61)79-51-59(89(7,8)9)37-41-67(79)65-35-23-27-55-25-19-21-33-63(55)65)47-43-69-71-54-82-72(53-81(71)93(75)85(69)83)70-44-48-78(84-74-50-58(88(4,5)6)40-46-76(74)94(82)86(70)84)92(62-31-17-14-18-32-62)80-52-60(90(10,11)12)38-42-68(80)66-36-24-28-56-26-20-22-34-64(56)66/h13-54H,1-12H3. The Labute approximate surface area is 551 Å². The van der Waals surface area contributed by atoms with E-state index in [4.69, 9.17) is 0 Å². The lowest BCUT2D eigenvalue weighted by atomic mass is 9.84.